The Morgan fingerprint density at radius 3 is 2.95 bits per heavy atom. The second-order valence-electron chi connectivity index (χ2n) is 6.40. The van der Waals surface area contributed by atoms with E-state index in [0.29, 0.717) is 18.4 Å². The second-order valence-corrected chi connectivity index (χ2v) is 7.29. The highest BCUT2D eigenvalue weighted by atomic mass is 32.1. The minimum Gasteiger partial charge on any atom is -0.342 e. The number of aromatic nitrogens is 1. The van der Waals surface area contributed by atoms with Gasteiger partial charge < -0.3 is 10.2 Å². The van der Waals surface area contributed by atoms with Gasteiger partial charge in [-0.25, -0.2) is 4.98 Å². The van der Waals surface area contributed by atoms with Crippen molar-refractivity contribution in [2.45, 2.75) is 58.0 Å². The molecule has 2 heterocycles. The number of hydrogen-bond acceptors (Lipinski definition) is 4. The van der Waals surface area contributed by atoms with Crippen molar-refractivity contribution in [3.05, 3.63) is 16.1 Å². The molecule has 0 aromatic carbocycles. The van der Waals surface area contributed by atoms with E-state index in [0.717, 1.165) is 32.0 Å². The van der Waals surface area contributed by atoms with Gasteiger partial charge in [-0.15, -0.1) is 11.3 Å². The third kappa shape index (κ3) is 3.64. The van der Waals surface area contributed by atoms with Crippen molar-refractivity contribution in [3.63, 3.8) is 0 Å². The van der Waals surface area contributed by atoms with Crippen LogP contribution in [0, 0.1) is 5.92 Å². The first kappa shape index (κ1) is 15.0. The molecule has 1 saturated carbocycles. The van der Waals surface area contributed by atoms with Crippen LogP contribution in [-0.4, -0.2) is 34.9 Å². The van der Waals surface area contributed by atoms with E-state index in [1.165, 1.54) is 23.5 Å². The molecule has 1 N–H and O–H groups in total. The van der Waals surface area contributed by atoms with Crippen molar-refractivity contribution < 1.29 is 4.79 Å². The van der Waals surface area contributed by atoms with Crippen LogP contribution in [0.3, 0.4) is 0 Å². The summed E-state index contributed by atoms with van der Waals surface area (Å²) in [6.07, 6.45) is 4.31. The topological polar surface area (TPSA) is 45.2 Å². The summed E-state index contributed by atoms with van der Waals surface area (Å²) in [5.41, 5.74) is 1.18. The van der Waals surface area contributed by atoms with Crippen LogP contribution in [-0.2, 0) is 11.3 Å². The molecule has 1 saturated heterocycles. The van der Waals surface area contributed by atoms with Gasteiger partial charge in [0.15, 0.2) is 0 Å². The van der Waals surface area contributed by atoms with E-state index >= 15 is 0 Å². The minimum atomic E-state index is 0.286. The molecule has 1 aromatic heterocycles. The Morgan fingerprint density at radius 2 is 2.29 bits per heavy atom. The lowest BCUT2D eigenvalue weighted by Gasteiger charge is -2.37. The molecule has 116 valence electrons. The van der Waals surface area contributed by atoms with Crippen molar-refractivity contribution in [2.75, 3.05) is 13.1 Å². The van der Waals surface area contributed by atoms with E-state index in [9.17, 15) is 4.79 Å². The zero-order valence-electron chi connectivity index (χ0n) is 13.0. The maximum atomic E-state index is 11.8. The molecule has 0 radical (unpaired) electrons. The lowest BCUT2D eigenvalue weighted by Crippen LogP contribution is -2.49. The Kier molecular flexibility index (Phi) is 4.60. The summed E-state index contributed by atoms with van der Waals surface area (Å²) in [4.78, 5) is 18.5. The van der Waals surface area contributed by atoms with E-state index < -0.39 is 0 Å². The molecule has 3 rings (SSSR count). The van der Waals surface area contributed by atoms with Gasteiger partial charge in [0, 0.05) is 43.4 Å². The molecule has 4 nitrogen and oxygen atoms in total. The molecule has 1 aliphatic carbocycles. The molecule has 0 bridgehead atoms. The highest BCUT2D eigenvalue weighted by Gasteiger charge is 2.29. The number of carbonyl (C=O) groups is 1. The van der Waals surface area contributed by atoms with E-state index in [1.807, 2.05) is 23.2 Å². The number of hydrogen-bond donors (Lipinski definition) is 1. The summed E-state index contributed by atoms with van der Waals surface area (Å²) in [7, 11) is 0. The Hall–Kier alpha value is -0.940. The summed E-state index contributed by atoms with van der Waals surface area (Å²) in [6.45, 7) is 6.81. The van der Waals surface area contributed by atoms with Crippen LogP contribution in [0.2, 0.25) is 0 Å². The maximum absolute atomic E-state index is 11.8. The van der Waals surface area contributed by atoms with Crippen molar-refractivity contribution in [3.8, 4) is 0 Å². The molecule has 21 heavy (non-hydrogen) atoms. The van der Waals surface area contributed by atoms with Crippen LogP contribution in [0.15, 0.2) is 5.38 Å². The fraction of sp³-hybridized carbons (Fsp3) is 0.750. The fourth-order valence-corrected chi connectivity index (χ4v) is 4.05. The number of piperidine rings is 1. The molecule has 2 unspecified atom stereocenters. The lowest BCUT2D eigenvalue weighted by atomic mass is 9.93. The molecule has 5 heteroatoms. The van der Waals surface area contributed by atoms with E-state index in [2.05, 4.69) is 17.6 Å². The van der Waals surface area contributed by atoms with Crippen LogP contribution in [0.4, 0.5) is 0 Å². The van der Waals surface area contributed by atoms with Crippen LogP contribution < -0.4 is 5.32 Å². The van der Waals surface area contributed by atoms with Gasteiger partial charge in [0.25, 0.3) is 0 Å². The monoisotopic (exact) mass is 307 g/mol. The SMILES string of the molecule is CCC(=O)N1CCC(NCc2csc(C3CC3)n2)C(C)C1. The molecule has 2 fully saturated rings. The lowest BCUT2D eigenvalue weighted by molar-refractivity contribution is -0.132. The van der Waals surface area contributed by atoms with Crippen LogP contribution in [0.25, 0.3) is 0 Å². The molecule has 1 aliphatic heterocycles. The van der Waals surface area contributed by atoms with Gasteiger partial charge in [0.05, 0.1) is 10.7 Å². The zero-order valence-corrected chi connectivity index (χ0v) is 13.8. The predicted molar refractivity (Wildman–Crippen MR) is 85.4 cm³/mol. The molecule has 2 atom stereocenters. The van der Waals surface area contributed by atoms with Crippen molar-refractivity contribution >= 4 is 17.2 Å². The summed E-state index contributed by atoms with van der Waals surface area (Å²) in [5.74, 6) is 1.55. The average molecular weight is 307 g/mol. The third-order valence-corrected chi connectivity index (χ3v) is 5.66. The molecule has 0 spiro atoms. The first-order chi connectivity index (χ1) is 10.2. The fourth-order valence-electron chi connectivity index (χ4n) is 3.06. The van der Waals surface area contributed by atoms with Crippen molar-refractivity contribution in [2.24, 2.45) is 5.92 Å². The number of rotatable bonds is 5. The predicted octanol–water partition coefficient (Wildman–Crippen LogP) is 2.76. The number of thiazole rings is 1. The third-order valence-electron chi connectivity index (χ3n) is 4.60. The van der Waals surface area contributed by atoms with Gasteiger partial charge in [-0.3, -0.25) is 4.79 Å². The number of nitrogens with one attached hydrogen (secondary N) is 1. The molecule has 2 aliphatic rings. The summed E-state index contributed by atoms with van der Waals surface area (Å²) < 4.78 is 0. The van der Waals surface area contributed by atoms with Gasteiger partial charge in [0.2, 0.25) is 5.91 Å². The molecular weight excluding hydrogens is 282 g/mol. The number of nitrogens with zero attached hydrogens (tertiary/aromatic N) is 2. The van der Waals surface area contributed by atoms with Gasteiger partial charge in [-0.1, -0.05) is 13.8 Å². The Morgan fingerprint density at radius 1 is 1.48 bits per heavy atom. The van der Waals surface area contributed by atoms with Gasteiger partial charge >= 0.3 is 0 Å². The second kappa shape index (κ2) is 6.44. The summed E-state index contributed by atoms with van der Waals surface area (Å²) >= 11 is 1.81. The molecular formula is C16H25N3OS. The number of amides is 1. The standard InChI is InChI=1S/C16H25N3OS/c1-3-15(20)19-7-6-14(11(2)9-19)17-8-13-10-21-16(18-13)12-4-5-12/h10-12,14,17H,3-9H2,1-2H3. The van der Waals surface area contributed by atoms with E-state index in [-0.39, 0.29) is 5.91 Å². The average Bonchev–Trinajstić information content (AvgIpc) is 3.24. The number of likely N-dealkylation sites (tertiary alicyclic amines) is 1. The van der Waals surface area contributed by atoms with Crippen molar-refractivity contribution in [1.29, 1.82) is 0 Å². The normalized spacial score (nSPS) is 26.1. The first-order valence-corrected chi connectivity index (χ1v) is 9.00. The van der Waals surface area contributed by atoms with E-state index in [1.54, 1.807) is 0 Å². The number of carbonyl (C=O) groups excluding carboxylic acids is 1. The van der Waals surface area contributed by atoms with Gasteiger partial charge in [-0.05, 0) is 25.2 Å². The van der Waals surface area contributed by atoms with Crippen LogP contribution in [0.1, 0.15) is 56.2 Å². The van der Waals surface area contributed by atoms with Gasteiger partial charge in [0.1, 0.15) is 0 Å². The Labute approximate surface area is 130 Å². The van der Waals surface area contributed by atoms with Gasteiger partial charge in [-0.2, -0.15) is 0 Å². The van der Waals surface area contributed by atoms with Crippen molar-refractivity contribution in [1.82, 2.24) is 15.2 Å². The van der Waals surface area contributed by atoms with Crippen LogP contribution >= 0.6 is 11.3 Å². The molecule has 1 amide bonds. The first-order valence-electron chi connectivity index (χ1n) is 8.12. The zero-order chi connectivity index (χ0) is 14.8. The smallest absolute Gasteiger partial charge is 0.222 e. The summed E-state index contributed by atoms with van der Waals surface area (Å²) in [6, 6.07) is 0.497. The molecule has 1 aromatic rings. The summed E-state index contributed by atoms with van der Waals surface area (Å²) in [5, 5.41) is 7.16. The minimum absolute atomic E-state index is 0.286. The van der Waals surface area contributed by atoms with Crippen LogP contribution in [0.5, 0.6) is 0 Å². The Balaban J connectivity index is 1.47. The Bertz CT molecular complexity index is 497. The quantitative estimate of drug-likeness (QED) is 0.910. The van der Waals surface area contributed by atoms with E-state index in [4.69, 9.17) is 4.98 Å². The maximum Gasteiger partial charge on any atom is 0.222 e. The largest absolute Gasteiger partial charge is 0.342 e. The highest BCUT2D eigenvalue weighted by Crippen LogP contribution is 2.41. The highest BCUT2D eigenvalue weighted by molar-refractivity contribution is 7.09.